The van der Waals surface area contributed by atoms with Gasteiger partial charge in [-0.15, -0.1) is 12.1 Å². The topological polar surface area (TPSA) is 9.23 Å². The number of benzene rings is 1. The smallest absolute Gasteiger partial charge is 0.492 e. The van der Waals surface area contributed by atoms with Crippen molar-refractivity contribution < 1.29 is 69.1 Å². The first-order valence-corrected chi connectivity index (χ1v) is 6.28. The van der Waals surface area contributed by atoms with Gasteiger partial charge in [0.25, 0.3) is 0 Å². The maximum absolute atomic E-state index is 12.3. The molecule has 0 saturated heterocycles. The molecule has 0 N–H and O–H groups in total. The first kappa shape index (κ1) is 20.3. The van der Waals surface area contributed by atoms with E-state index in [-0.39, 0.29) is 56.8 Å². The second-order valence-corrected chi connectivity index (χ2v) is 5.28. The molecule has 0 aliphatic heterocycles. The molecule has 0 spiro atoms. The molecule has 0 saturated carbocycles. The predicted octanol–water partition coefficient (Wildman–Crippen LogP) is 1.70. The van der Waals surface area contributed by atoms with Crippen molar-refractivity contribution >= 4 is 6.98 Å². The fourth-order valence-corrected chi connectivity index (χ4v) is 1.48. The monoisotopic (exact) mass is 310 g/mol. The van der Waals surface area contributed by atoms with E-state index in [2.05, 4.69) is 27.4 Å². The molecule has 0 aliphatic rings. The van der Waals surface area contributed by atoms with Gasteiger partial charge in [0.15, 0.2) is 0 Å². The Balaban J connectivity index is 0.00000361. The number of hydrogen-bond donors (Lipinski definition) is 0. The second-order valence-electron chi connectivity index (χ2n) is 5.28. The van der Waals surface area contributed by atoms with Gasteiger partial charge in [0.1, 0.15) is 5.75 Å². The Morgan fingerprint density at radius 2 is 1.70 bits per heavy atom. The van der Waals surface area contributed by atoms with Crippen molar-refractivity contribution in [3.8, 4) is 5.75 Å². The Morgan fingerprint density at radius 3 is 2.10 bits per heavy atom. The van der Waals surface area contributed by atoms with Crippen molar-refractivity contribution in [3.05, 3.63) is 41.9 Å². The van der Waals surface area contributed by atoms with Crippen LogP contribution >= 0.6 is 0 Å². The van der Waals surface area contributed by atoms with Crippen molar-refractivity contribution in [2.45, 2.75) is 32.6 Å². The molecule has 0 atom stereocenters. The minimum Gasteiger partial charge on any atom is -0.492 e. The summed E-state index contributed by atoms with van der Waals surface area (Å²) in [5, 5.41) is 0. The minimum absolute atomic E-state index is 0. The third-order valence-corrected chi connectivity index (χ3v) is 3.41. The van der Waals surface area contributed by atoms with Crippen LogP contribution in [0.4, 0.5) is 12.9 Å². The van der Waals surface area contributed by atoms with Gasteiger partial charge in [0.05, 0.1) is 6.61 Å². The molecule has 1 aromatic rings. The van der Waals surface area contributed by atoms with Crippen LogP contribution in [0.3, 0.4) is 0 Å². The molecule has 106 valence electrons. The summed E-state index contributed by atoms with van der Waals surface area (Å²) in [5.74, 6) is 0.428. The van der Waals surface area contributed by atoms with E-state index in [1.807, 2.05) is 12.1 Å². The Morgan fingerprint density at radius 1 is 1.20 bits per heavy atom. The molecule has 0 unspecified atom stereocenters. The first-order chi connectivity index (χ1) is 8.66. The summed E-state index contributed by atoms with van der Waals surface area (Å²) in [6.45, 7) is 3.80. The van der Waals surface area contributed by atoms with Crippen molar-refractivity contribution in [2.24, 2.45) is 0 Å². The van der Waals surface area contributed by atoms with Crippen LogP contribution in [0.15, 0.2) is 36.3 Å². The number of halogens is 3. The molecule has 0 aromatic heterocycles. The maximum Gasteiger partial charge on any atom is 1.00 e. The van der Waals surface area contributed by atoms with Crippen molar-refractivity contribution in [1.29, 1.82) is 0 Å². The summed E-state index contributed by atoms with van der Waals surface area (Å²) in [4.78, 5) is 0. The zero-order valence-electron chi connectivity index (χ0n) is 12.6. The summed E-state index contributed by atoms with van der Waals surface area (Å²) < 4.78 is 42.0. The molecule has 20 heavy (non-hydrogen) atoms. The summed E-state index contributed by atoms with van der Waals surface area (Å²) in [6.07, 6.45) is 0.987. The van der Waals surface area contributed by atoms with E-state index in [4.69, 9.17) is 4.74 Å². The van der Waals surface area contributed by atoms with Gasteiger partial charge in [0, 0.05) is 0 Å². The van der Waals surface area contributed by atoms with Gasteiger partial charge in [-0.2, -0.15) is 0 Å². The molecular formula is C14H19BF3KO. The van der Waals surface area contributed by atoms with Crippen LogP contribution in [-0.2, 0) is 5.41 Å². The fourth-order valence-electron chi connectivity index (χ4n) is 1.48. The second kappa shape index (κ2) is 8.03. The summed E-state index contributed by atoms with van der Waals surface area (Å²) >= 11 is 0. The van der Waals surface area contributed by atoms with E-state index < -0.39 is 19.1 Å². The Hall–Kier alpha value is 0.251. The summed E-state index contributed by atoms with van der Waals surface area (Å²) in [7, 11) is 0. The standard InChI is InChI=1S/C14H19BF3O.K/c1-5-14(3,4)12-6-8-13(9-7-12)19-10-11(2)15(16,17)18;/h6-9H,2,5,10H2,1,3-4H3;/q-1;+1. The number of ether oxygens (including phenoxy) is 1. The third-order valence-electron chi connectivity index (χ3n) is 3.41. The van der Waals surface area contributed by atoms with Gasteiger partial charge in [-0.3, -0.25) is 0 Å². The minimum atomic E-state index is -5.02. The molecule has 1 rings (SSSR count). The van der Waals surface area contributed by atoms with E-state index in [1.165, 1.54) is 0 Å². The molecule has 6 heteroatoms. The summed E-state index contributed by atoms with van der Waals surface area (Å²) in [6, 6.07) is 7.17. The van der Waals surface area contributed by atoms with E-state index in [0.717, 1.165) is 12.0 Å². The quantitative estimate of drug-likeness (QED) is 0.727. The maximum atomic E-state index is 12.3. The van der Waals surface area contributed by atoms with Crippen LogP contribution < -0.4 is 56.1 Å². The SMILES string of the molecule is C=C(COc1ccc(C(C)(C)CC)cc1)[B-](F)(F)F.[K+]. The molecular weight excluding hydrogens is 291 g/mol. The van der Waals surface area contributed by atoms with Gasteiger partial charge in [0.2, 0.25) is 0 Å². The molecule has 0 bridgehead atoms. The van der Waals surface area contributed by atoms with Gasteiger partial charge < -0.3 is 17.7 Å². The van der Waals surface area contributed by atoms with Gasteiger partial charge in [-0.1, -0.05) is 32.9 Å². The van der Waals surface area contributed by atoms with Gasteiger partial charge in [-0.25, -0.2) is 0 Å². The Labute approximate surface area is 161 Å². The van der Waals surface area contributed by atoms with Crippen LogP contribution in [0.1, 0.15) is 32.8 Å². The van der Waals surface area contributed by atoms with E-state index >= 15 is 0 Å². The van der Waals surface area contributed by atoms with Gasteiger partial charge >= 0.3 is 58.4 Å². The van der Waals surface area contributed by atoms with Crippen molar-refractivity contribution in [3.63, 3.8) is 0 Å². The summed E-state index contributed by atoms with van der Waals surface area (Å²) in [5.41, 5.74) is 0.371. The molecule has 0 radical (unpaired) electrons. The molecule has 1 aromatic carbocycles. The fraction of sp³-hybridized carbons (Fsp3) is 0.429. The molecule has 0 fully saturated rings. The Bertz CT molecular complexity index is 441. The molecule has 0 amide bonds. The van der Waals surface area contributed by atoms with Crippen molar-refractivity contribution in [1.82, 2.24) is 0 Å². The largest absolute Gasteiger partial charge is 1.00 e. The average Bonchev–Trinajstić information content (AvgIpc) is 2.35. The number of hydrogen-bond acceptors (Lipinski definition) is 1. The van der Waals surface area contributed by atoms with Crippen LogP contribution in [0.25, 0.3) is 0 Å². The molecule has 0 heterocycles. The van der Waals surface area contributed by atoms with E-state index in [1.54, 1.807) is 12.1 Å². The predicted molar refractivity (Wildman–Crippen MR) is 73.5 cm³/mol. The van der Waals surface area contributed by atoms with Crippen LogP contribution in [0, 0.1) is 0 Å². The zero-order chi connectivity index (χ0) is 14.7. The van der Waals surface area contributed by atoms with Crippen LogP contribution in [0.5, 0.6) is 5.75 Å². The van der Waals surface area contributed by atoms with Crippen molar-refractivity contribution in [2.75, 3.05) is 6.61 Å². The normalized spacial score (nSPS) is 11.7. The van der Waals surface area contributed by atoms with Gasteiger partial charge in [-0.05, 0) is 29.5 Å². The third kappa shape index (κ3) is 5.94. The average molecular weight is 310 g/mol. The van der Waals surface area contributed by atoms with E-state index in [9.17, 15) is 12.9 Å². The zero-order valence-corrected chi connectivity index (χ0v) is 15.7. The number of rotatable bonds is 6. The van der Waals surface area contributed by atoms with E-state index in [0.29, 0.717) is 5.75 Å². The molecule has 1 nitrogen and oxygen atoms in total. The first-order valence-electron chi connectivity index (χ1n) is 6.28. The van der Waals surface area contributed by atoms with Crippen LogP contribution in [0.2, 0.25) is 0 Å². The molecule has 0 aliphatic carbocycles. The van der Waals surface area contributed by atoms with Crippen LogP contribution in [-0.4, -0.2) is 13.6 Å². The Kier molecular flexibility index (Phi) is 8.14.